The highest BCUT2D eigenvalue weighted by Crippen LogP contribution is 2.33. The molecule has 0 aliphatic heterocycles. The van der Waals surface area contributed by atoms with Crippen LogP contribution in [0.4, 0.5) is 0 Å². The zero-order valence-electron chi connectivity index (χ0n) is 14.9. The Bertz CT molecular complexity index is 759. The molecule has 2 aromatic rings. The van der Waals surface area contributed by atoms with Crippen molar-refractivity contribution in [2.24, 2.45) is 11.5 Å². The second kappa shape index (κ2) is 8.71. The number of ether oxygens (including phenoxy) is 2. The molecule has 0 unspecified atom stereocenters. The van der Waals surface area contributed by atoms with Crippen LogP contribution in [0.3, 0.4) is 0 Å². The normalized spacial score (nSPS) is 12.1. The van der Waals surface area contributed by atoms with E-state index in [1.807, 2.05) is 13.8 Å². The summed E-state index contributed by atoms with van der Waals surface area (Å²) in [6, 6.07) is 10.2. The van der Waals surface area contributed by atoms with Gasteiger partial charge in [-0.25, -0.2) is 0 Å². The molecule has 2 aromatic carbocycles. The van der Waals surface area contributed by atoms with E-state index in [1.54, 1.807) is 48.6 Å². The molecule has 6 nitrogen and oxygen atoms in total. The average molecular weight is 356 g/mol. The zero-order valence-corrected chi connectivity index (χ0v) is 14.9. The van der Waals surface area contributed by atoms with Crippen LogP contribution in [-0.2, 0) is 0 Å². The van der Waals surface area contributed by atoms with E-state index in [4.69, 9.17) is 20.9 Å². The first-order valence-electron chi connectivity index (χ1n) is 8.32. The molecule has 0 spiro atoms. The van der Waals surface area contributed by atoms with E-state index in [1.165, 1.54) is 0 Å². The third-order valence-corrected chi connectivity index (χ3v) is 3.62. The Balaban J connectivity index is 2.34. The Hall–Kier alpha value is -3.28. The number of benzene rings is 2. The van der Waals surface area contributed by atoms with Crippen molar-refractivity contribution in [3.05, 3.63) is 58.9 Å². The fourth-order valence-corrected chi connectivity index (χ4v) is 2.36. The molecule has 2 rings (SSSR count). The Labute approximate surface area is 153 Å². The fourth-order valence-electron chi connectivity index (χ4n) is 2.36. The molecule has 6 heteroatoms. The summed E-state index contributed by atoms with van der Waals surface area (Å²) in [4.78, 5) is 0. The number of rotatable bonds is 7. The largest absolute Gasteiger partial charge is 0.504 e. The molecule has 6 N–H and O–H groups in total. The summed E-state index contributed by atoms with van der Waals surface area (Å²) in [5, 5.41) is 20.5. The van der Waals surface area contributed by atoms with E-state index < -0.39 is 0 Å². The highest BCUT2D eigenvalue weighted by molar-refractivity contribution is 5.71. The number of para-hydroxylation sites is 2. The lowest BCUT2D eigenvalue weighted by molar-refractivity contribution is 0.318. The van der Waals surface area contributed by atoms with E-state index in [0.717, 1.165) is 0 Å². The molecule has 0 fully saturated rings. The van der Waals surface area contributed by atoms with E-state index in [-0.39, 0.29) is 22.9 Å². The van der Waals surface area contributed by atoms with Crippen molar-refractivity contribution in [1.29, 1.82) is 0 Å². The van der Waals surface area contributed by atoms with Gasteiger partial charge in [-0.15, -0.1) is 0 Å². The molecule has 0 radical (unpaired) electrons. The van der Waals surface area contributed by atoms with Crippen LogP contribution in [0.15, 0.2) is 47.8 Å². The minimum absolute atomic E-state index is 0.00806. The molecule has 0 aromatic heterocycles. The molecule has 0 saturated carbocycles. The van der Waals surface area contributed by atoms with Crippen molar-refractivity contribution in [2.75, 3.05) is 13.2 Å². The topological polar surface area (TPSA) is 111 Å². The van der Waals surface area contributed by atoms with Crippen molar-refractivity contribution in [3.8, 4) is 23.0 Å². The molecular weight excluding hydrogens is 332 g/mol. The van der Waals surface area contributed by atoms with Crippen LogP contribution in [0.1, 0.15) is 25.0 Å². The standard InChI is InChI=1S/C20H24N2O4/c1-3-25-17-9-5-7-13(19(17)23)11-15(21)16(22)12-14-8-6-10-18(20(14)24)26-4-2/h5-12,23-24H,3-4,21-22H2,1-2H3. The summed E-state index contributed by atoms with van der Waals surface area (Å²) < 4.78 is 10.7. The second-order valence-electron chi connectivity index (χ2n) is 5.45. The molecule has 0 atom stereocenters. The van der Waals surface area contributed by atoms with Crippen LogP contribution in [0.2, 0.25) is 0 Å². The summed E-state index contributed by atoms with van der Waals surface area (Å²) >= 11 is 0. The van der Waals surface area contributed by atoms with Gasteiger partial charge in [-0.2, -0.15) is 0 Å². The van der Waals surface area contributed by atoms with Crippen LogP contribution < -0.4 is 20.9 Å². The Morgan fingerprint density at radius 2 is 1.19 bits per heavy atom. The van der Waals surface area contributed by atoms with Crippen LogP contribution in [0, 0.1) is 0 Å². The average Bonchev–Trinajstić information content (AvgIpc) is 2.62. The van der Waals surface area contributed by atoms with Gasteiger partial charge < -0.3 is 31.2 Å². The maximum absolute atomic E-state index is 10.2. The molecular formula is C20H24N2O4. The lowest BCUT2D eigenvalue weighted by Crippen LogP contribution is -2.09. The number of phenolic OH excluding ortho intramolecular Hbond substituents is 2. The van der Waals surface area contributed by atoms with Crippen LogP contribution in [0.5, 0.6) is 23.0 Å². The summed E-state index contributed by atoms with van der Waals surface area (Å²) in [5.74, 6) is 0.731. The van der Waals surface area contributed by atoms with Gasteiger partial charge in [-0.05, 0) is 38.1 Å². The number of phenols is 2. The zero-order chi connectivity index (χ0) is 19.1. The van der Waals surface area contributed by atoms with Crippen LogP contribution >= 0.6 is 0 Å². The molecule has 0 aliphatic rings. The van der Waals surface area contributed by atoms with Gasteiger partial charge >= 0.3 is 0 Å². The van der Waals surface area contributed by atoms with Crippen molar-refractivity contribution >= 4 is 12.2 Å². The van der Waals surface area contributed by atoms with E-state index in [2.05, 4.69) is 0 Å². The minimum Gasteiger partial charge on any atom is -0.504 e. The Morgan fingerprint density at radius 1 is 0.808 bits per heavy atom. The molecule has 0 saturated heterocycles. The van der Waals surface area contributed by atoms with Gasteiger partial charge in [-0.1, -0.05) is 24.3 Å². The fraction of sp³-hybridized carbons (Fsp3) is 0.200. The number of hydrogen-bond donors (Lipinski definition) is 4. The number of nitrogens with two attached hydrogens (primary N) is 2. The molecule has 0 bridgehead atoms. The van der Waals surface area contributed by atoms with Gasteiger partial charge in [0.05, 0.1) is 24.6 Å². The maximum atomic E-state index is 10.2. The Kier molecular flexibility index (Phi) is 6.38. The predicted octanol–water partition coefficient (Wildman–Crippen LogP) is 3.19. The van der Waals surface area contributed by atoms with Gasteiger partial charge in [-0.3, -0.25) is 0 Å². The minimum atomic E-state index is -0.00806. The predicted molar refractivity (Wildman–Crippen MR) is 103 cm³/mol. The maximum Gasteiger partial charge on any atom is 0.165 e. The number of hydrogen-bond acceptors (Lipinski definition) is 6. The van der Waals surface area contributed by atoms with Gasteiger partial charge in [0.25, 0.3) is 0 Å². The third kappa shape index (κ3) is 4.42. The molecule has 0 heterocycles. The van der Waals surface area contributed by atoms with Crippen molar-refractivity contribution < 1.29 is 19.7 Å². The van der Waals surface area contributed by atoms with Crippen molar-refractivity contribution in [1.82, 2.24) is 0 Å². The molecule has 138 valence electrons. The molecule has 0 amide bonds. The van der Waals surface area contributed by atoms with Crippen LogP contribution in [-0.4, -0.2) is 23.4 Å². The smallest absolute Gasteiger partial charge is 0.165 e. The van der Waals surface area contributed by atoms with Gasteiger partial charge in [0.15, 0.2) is 23.0 Å². The molecule has 26 heavy (non-hydrogen) atoms. The monoisotopic (exact) mass is 356 g/mol. The highest BCUT2D eigenvalue weighted by Gasteiger charge is 2.09. The summed E-state index contributed by atoms with van der Waals surface area (Å²) in [6.07, 6.45) is 3.10. The highest BCUT2D eigenvalue weighted by atomic mass is 16.5. The quantitative estimate of drug-likeness (QED) is 0.567. The third-order valence-electron chi connectivity index (χ3n) is 3.62. The van der Waals surface area contributed by atoms with Gasteiger partial charge in [0.1, 0.15) is 0 Å². The first kappa shape index (κ1) is 19.1. The van der Waals surface area contributed by atoms with Crippen molar-refractivity contribution in [3.63, 3.8) is 0 Å². The van der Waals surface area contributed by atoms with Gasteiger partial charge in [0.2, 0.25) is 0 Å². The van der Waals surface area contributed by atoms with E-state index >= 15 is 0 Å². The summed E-state index contributed by atoms with van der Waals surface area (Å²) in [5.41, 5.74) is 13.5. The summed E-state index contributed by atoms with van der Waals surface area (Å²) in [7, 11) is 0. The van der Waals surface area contributed by atoms with E-state index in [9.17, 15) is 10.2 Å². The van der Waals surface area contributed by atoms with E-state index in [0.29, 0.717) is 35.8 Å². The van der Waals surface area contributed by atoms with Crippen LogP contribution in [0.25, 0.3) is 12.2 Å². The number of aromatic hydroxyl groups is 2. The lowest BCUT2D eigenvalue weighted by atomic mass is 10.1. The second-order valence-corrected chi connectivity index (χ2v) is 5.45. The molecule has 0 aliphatic carbocycles. The first-order valence-corrected chi connectivity index (χ1v) is 8.32. The lowest BCUT2D eigenvalue weighted by Gasteiger charge is -2.10. The van der Waals surface area contributed by atoms with Crippen molar-refractivity contribution in [2.45, 2.75) is 13.8 Å². The Morgan fingerprint density at radius 3 is 1.54 bits per heavy atom. The first-order chi connectivity index (χ1) is 12.5. The van der Waals surface area contributed by atoms with Gasteiger partial charge in [0, 0.05) is 11.1 Å². The summed E-state index contributed by atoms with van der Waals surface area (Å²) in [6.45, 7) is 4.54. The SMILES string of the molecule is CCOc1cccc(C=C(N)C(N)=Cc2cccc(OCC)c2O)c1O.